The molecule has 2 fully saturated rings. The van der Waals surface area contributed by atoms with Crippen molar-refractivity contribution in [2.75, 3.05) is 39.3 Å². The zero-order valence-corrected chi connectivity index (χ0v) is 16.4. The first kappa shape index (κ1) is 19.4. The Hall–Kier alpha value is -1.40. The van der Waals surface area contributed by atoms with Crippen LogP contribution >= 0.6 is 0 Å². The van der Waals surface area contributed by atoms with Crippen molar-refractivity contribution in [1.29, 1.82) is 0 Å². The van der Waals surface area contributed by atoms with Crippen molar-refractivity contribution < 1.29 is 9.21 Å². The molecule has 1 N–H and O–H groups in total. The minimum atomic E-state index is 0.168. The summed E-state index contributed by atoms with van der Waals surface area (Å²) in [4.78, 5) is 21.8. The molecule has 0 unspecified atom stereocenters. The van der Waals surface area contributed by atoms with Crippen molar-refractivity contribution in [3.63, 3.8) is 0 Å². The molecule has 146 valence electrons. The Morgan fingerprint density at radius 3 is 2.50 bits per heavy atom. The van der Waals surface area contributed by atoms with E-state index in [1.807, 2.05) is 13.8 Å². The van der Waals surface area contributed by atoms with Gasteiger partial charge in [0.05, 0.1) is 5.69 Å². The highest BCUT2D eigenvalue weighted by molar-refractivity contribution is 5.78. The van der Waals surface area contributed by atoms with Crippen LogP contribution in [0, 0.1) is 19.8 Å². The molecule has 3 heterocycles. The van der Waals surface area contributed by atoms with Crippen LogP contribution in [0.3, 0.4) is 0 Å². The summed E-state index contributed by atoms with van der Waals surface area (Å²) in [5.74, 6) is 2.06. The number of piperidine rings is 2. The molecule has 0 aromatic carbocycles. The number of oxazole rings is 1. The molecular formula is C20H34N4O2. The second kappa shape index (κ2) is 9.51. The van der Waals surface area contributed by atoms with Crippen molar-refractivity contribution >= 4 is 5.91 Å². The second-order valence-electron chi connectivity index (χ2n) is 7.83. The number of aromatic nitrogens is 1. The van der Waals surface area contributed by atoms with Crippen molar-refractivity contribution in [3.05, 3.63) is 17.3 Å². The van der Waals surface area contributed by atoms with Gasteiger partial charge in [-0.3, -0.25) is 9.69 Å². The van der Waals surface area contributed by atoms with E-state index in [-0.39, 0.29) is 11.8 Å². The fourth-order valence-electron chi connectivity index (χ4n) is 4.13. The predicted molar refractivity (Wildman–Crippen MR) is 102 cm³/mol. The number of aryl methyl sites for hydroxylation is 2. The largest absolute Gasteiger partial charge is 0.446 e. The monoisotopic (exact) mass is 362 g/mol. The van der Waals surface area contributed by atoms with Crippen LogP contribution in [0.25, 0.3) is 0 Å². The summed E-state index contributed by atoms with van der Waals surface area (Å²) in [6.07, 6.45) is 6.98. The van der Waals surface area contributed by atoms with E-state index in [0.717, 1.165) is 69.3 Å². The molecule has 6 nitrogen and oxygen atoms in total. The van der Waals surface area contributed by atoms with Crippen molar-refractivity contribution in [1.82, 2.24) is 20.1 Å². The molecule has 0 spiro atoms. The number of carbonyl (C=O) groups excluding carboxylic acids is 1. The first-order valence-electron chi connectivity index (χ1n) is 10.3. The molecule has 3 rings (SSSR count). The van der Waals surface area contributed by atoms with E-state index in [1.165, 1.54) is 32.4 Å². The lowest BCUT2D eigenvalue weighted by atomic mass is 9.95. The normalized spacial score (nSPS) is 20.4. The fourth-order valence-corrected chi connectivity index (χ4v) is 4.13. The highest BCUT2D eigenvalue weighted by atomic mass is 16.4. The van der Waals surface area contributed by atoms with Crippen molar-refractivity contribution in [3.8, 4) is 0 Å². The first-order chi connectivity index (χ1) is 12.6. The van der Waals surface area contributed by atoms with E-state index in [2.05, 4.69) is 20.1 Å². The summed E-state index contributed by atoms with van der Waals surface area (Å²) in [6.45, 7) is 11.0. The topological polar surface area (TPSA) is 61.6 Å². The van der Waals surface area contributed by atoms with Gasteiger partial charge in [0.15, 0.2) is 5.89 Å². The number of nitrogens with one attached hydrogen (secondary N) is 1. The van der Waals surface area contributed by atoms with Crippen LogP contribution in [-0.2, 0) is 11.3 Å². The average molecular weight is 363 g/mol. The lowest BCUT2D eigenvalue weighted by molar-refractivity contribution is -0.126. The minimum Gasteiger partial charge on any atom is -0.446 e. The maximum atomic E-state index is 12.4. The highest BCUT2D eigenvalue weighted by Gasteiger charge is 2.25. The quantitative estimate of drug-likeness (QED) is 0.755. The van der Waals surface area contributed by atoms with E-state index in [1.54, 1.807) is 0 Å². The number of hydrogen-bond donors (Lipinski definition) is 1. The summed E-state index contributed by atoms with van der Waals surface area (Å²) in [6, 6.07) is 0. The molecule has 0 bridgehead atoms. The molecule has 0 saturated carbocycles. The number of rotatable bonds is 7. The SMILES string of the molecule is Cc1nc(CN2CCC(C(=O)NCCCN3CCCCC3)CC2)c(C)o1. The van der Waals surface area contributed by atoms with Crippen molar-refractivity contribution in [2.45, 2.75) is 58.9 Å². The van der Waals surface area contributed by atoms with E-state index >= 15 is 0 Å². The Kier molecular flexibility index (Phi) is 7.08. The first-order valence-corrected chi connectivity index (χ1v) is 10.3. The Balaban J connectivity index is 1.31. The Morgan fingerprint density at radius 2 is 1.85 bits per heavy atom. The lowest BCUT2D eigenvalue weighted by Crippen LogP contribution is -2.41. The number of likely N-dealkylation sites (tertiary alicyclic amines) is 2. The summed E-state index contributed by atoms with van der Waals surface area (Å²) >= 11 is 0. The van der Waals surface area contributed by atoms with Gasteiger partial charge in [0.25, 0.3) is 0 Å². The molecule has 2 aliphatic rings. The van der Waals surface area contributed by atoms with Gasteiger partial charge in [0.2, 0.25) is 5.91 Å². The van der Waals surface area contributed by atoms with Crippen molar-refractivity contribution in [2.24, 2.45) is 5.92 Å². The summed E-state index contributed by atoms with van der Waals surface area (Å²) in [5, 5.41) is 3.16. The number of hydrogen-bond acceptors (Lipinski definition) is 5. The van der Waals surface area contributed by atoms with E-state index in [9.17, 15) is 4.79 Å². The van der Waals surface area contributed by atoms with Crippen LogP contribution < -0.4 is 5.32 Å². The molecule has 2 saturated heterocycles. The third kappa shape index (κ3) is 5.55. The van der Waals surface area contributed by atoms with Gasteiger partial charge in [-0.15, -0.1) is 0 Å². The Morgan fingerprint density at radius 1 is 1.12 bits per heavy atom. The molecule has 1 amide bonds. The van der Waals surface area contributed by atoms with Gasteiger partial charge < -0.3 is 14.6 Å². The standard InChI is InChI=1S/C20H34N4O2/c1-16-19(22-17(2)26-16)15-24-13-7-18(8-14-24)20(25)21-9-6-12-23-10-4-3-5-11-23/h18H,3-15H2,1-2H3,(H,21,25). The zero-order chi connectivity index (χ0) is 18.4. The molecule has 6 heteroatoms. The number of carbonyl (C=O) groups is 1. The summed E-state index contributed by atoms with van der Waals surface area (Å²) in [5.41, 5.74) is 1.03. The maximum absolute atomic E-state index is 12.4. The molecule has 0 radical (unpaired) electrons. The van der Waals surface area contributed by atoms with Gasteiger partial charge in [0, 0.05) is 25.9 Å². The van der Waals surface area contributed by atoms with Crippen LogP contribution in [0.2, 0.25) is 0 Å². The average Bonchev–Trinajstić information content (AvgIpc) is 2.97. The van der Waals surface area contributed by atoms with Crippen LogP contribution in [0.15, 0.2) is 4.42 Å². The molecular weight excluding hydrogens is 328 g/mol. The Bertz CT molecular complexity index is 572. The van der Waals surface area contributed by atoms with E-state index in [0.29, 0.717) is 0 Å². The molecule has 26 heavy (non-hydrogen) atoms. The Labute approximate surface area is 157 Å². The fraction of sp³-hybridized carbons (Fsp3) is 0.800. The van der Waals surface area contributed by atoms with Gasteiger partial charge in [-0.1, -0.05) is 6.42 Å². The third-order valence-corrected chi connectivity index (χ3v) is 5.73. The van der Waals surface area contributed by atoms with Gasteiger partial charge in [-0.05, 0) is 71.8 Å². The smallest absolute Gasteiger partial charge is 0.223 e. The van der Waals surface area contributed by atoms with E-state index in [4.69, 9.17) is 4.42 Å². The highest BCUT2D eigenvalue weighted by Crippen LogP contribution is 2.20. The van der Waals surface area contributed by atoms with Crippen LogP contribution in [0.5, 0.6) is 0 Å². The van der Waals surface area contributed by atoms with Crippen LogP contribution in [0.4, 0.5) is 0 Å². The lowest BCUT2D eigenvalue weighted by Gasteiger charge is -2.31. The zero-order valence-electron chi connectivity index (χ0n) is 16.4. The van der Waals surface area contributed by atoms with Gasteiger partial charge >= 0.3 is 0 Å². The minimum absolute atomic E-state index is 0.168. The van der Waals surface area contributed by atoms with Gasteiger partial charge in [-0.2, -0.15) is 0 Å². The van der Waals surface area contributed by atoms with E-state index < -0.39 is 0 Å². The van der Waals surface area contributed by atoms with Gasteiger partial charge in [-0.25, -0.2) is 4.98 Å². The van der Waals surface area contributed by atoms with Crippen LogP contribution in [-0.4, -0.2) is 60.0 Å². The van der Waals surface area contributed by atoms with Crippen LogP contribution in [0.1, 0.15) is 55.9 Å². The molecule has 1 aromatic heterocycles. The molecule has 0 aliphatic carbocycles. The predicted octanol–water partition coefficient (Wildman–Crippen LogP) is 2.50. The molecule has 0 atom stereocenters. The van der Waals surface area contributed by atoms with Gasteiger partial charge in [0.1, 0.15) is 5.76 Å². The number of nitrogens with zero attached hydrogens (tertiary/aromatic N) is 3. The summed E-state index contributed by atoms with van der Waals surface area (Å²) < 4.78 is 5.51. The second-order valence-corrected chi connectivity index (χ2v) is 7.83. The molecule has 1 aromatic rings. The summed E-state index contributed by atoms with van der Waals surface area (Å²) in [7, 11) is 0. The maximum Gasteiger partial charge on any atom is 0.223 e. The third-order valence-electron chi connectivity index (χ3n) is 5.73. The molecule has 2 aliphatic heterocycles. The number of amides is 1.